The van der Waals surface area contributed by atoms with Crippen LogP contribution in [0.1, 0.15) is 16.1 Å². The number of nitrogens with two attached hydrogens (primary N) is 1. The van der Waals surface area contributed by atoms with Gasteiger partial charge in [0.25, 0.3) is 0 Å². The monoisotopic (exact) mass is 264 g/mol. The number of anilines is 1. The van der Waals surface area contributed by atoms with Crippen LogP contribution < -0.4 is 5.73 Å². The van der Waals surface area contributed by atoms with E-state index >= 15 is 0 Å². The van der Waals surface area contributed by atoms with E-state index < -0.39 is 16.9 Å². The van der Waals surface area contributed by atoms with Gasteiger partial charge in [0, 0.05) is 11.1 Å². The predicted octanol–water partition coefficient (Wildman–Crippen LogP) is 2.45. The number of ether oxygens (including phenoxy) is 1. The summed E-state index contributed by atoms with van der Waals surface area (Å²) in [5, 5.41) is -0.496. The van der Waals surface area contributed by atoms with Crippen LogP contribution in [0.2, 0.25) is 5.15 Å². The Balaban J connectivity index is 3.52. The molecule has 16 heavy (non-hydrogen) atoms. The van der Waals surface area contributed by atoms with Crippen LogP contribution in [0.3, 0.4) is 0 Å². The largest absolute Gasteiger partial charge is 0.464 e. The summed E-state index contributed by atoms with van der Waals surface area (Å²) in [5.74, 6) is -1.68. The van der Waals surface area contributed by atoms with Gasteiger partial charge in [0.15, 0.2) is 16.7 Å². The van der Waals surface area contributed by atoms with Crippen molar-refractivity contribution in [1.82, 2.24) is 4.98 Å². The average Bonchev–Trinajstić information content (AvgIpc) is 2.28. The summed E-state index contributed by atoms with van der Waals surface area (Å²) in [6.45, 7) is 0. The van der Waals surface area contributed by atoms with E-state index in [1.807, 2.05) is 0 Å². The minimum Gasteiger partial charge on any atom is -0.464 e. The van der Waals surface area contributed by atoms with Crippen molar-refractivity contribution >= 4 is 40.9 Å². The highest BCUT2D eigenvalue weighted by molar-refractivity contribution is 6.30. The Morgan fingerprint density at radius 2 is 2.25 bits per heavy atom. The van der Waals surface area contributed by atoms with Gasteiger partial charge in [-0.1, -0.05) is 23.2 Å². The number of pyridine rings is 1. The molecule has 0 aliphatic rings. The first-order chi connectivity index (χ1) is 7.52. The van der Waals surface area contributed by atoms with Crippen LogP contribution in [0.4, 0.5) is 10.1 Å². The van der Waals surface area contributed by atoms with Crippen LogP contribution in [0.5, 0.6) is 0 Å². The molecule has 4 nitrogen and oxygen atoms in total. The summed E-state index contributed by atoms with van der Waals surface area (Å²) >= 11 is 10.8. The number of aromatic nitrogens is 1. The minimum absolute atomic E-state index is 0.0313. The van der Waals surface area contributed by atoms with Gasteiger partial charge < -0.3 is 10.5 Å². The zero-order valence-corrected chi connectivity index (χ0v) is 9.64. The molecule has 1 aromatic heterocycles. The van der Waals surface area contributed by atoms with E-state index in [1.165, 1.54) is 6.08 Å². The number of methoxy groups -OCH3 is 1. The molecule has 1 heterocycles. The third kappa shape index (κ3) is 2.25. The highest BCUT2D eigenvalue weighted by Crippen LogP contribution is 2.26. The highest BCUT2D eigenvalue weighted by atomic mass is 35.5. The smallest absolute Gasteiger partial charge is 0.357 e. The maximum absolute atomic E-state index is 13.3. The molecule has 0 saturated carbocycles. The number of rotatable bonds is 2. The third-order valence-corrected chi connectivity index (χ3v) is 2.16. The second-order valence-corrected chi connectivity index (χ2v) is 3.29. The van der Waals surface area contributed by atoms with Crippen LogP contribution >= 0.6 is 23.2 Å². The Kier molecular flexibility index (Phi) is 4.09. The lowest BCUT2D eigenvalue weighted by atomic mass is 10.1. The minimum atomic E-state index is -0.904. The van der Waals surface area contributed by atoms with E-state index in [9.17, 15) is 9.18 Å². The summed E-state index contributed by atoms with van der Waals surface area (Å²) in [4.78, 5) is 14.9. The van der Waals surface area contributed by atoms with Crippen molar-refractivity contribution in [2.45, 2.75) is 0 Å². The Morgan fingerprint density at radius 1 is 1.62 bits per heavy atom. The van der Waals surface area contributed by atoms with E-state index in [0.717, 1.165) is 12.6 Å². The van der Waals surface area contributed by atoms with Crippen LogP contribution in [-0.2, 0) is 4.74 Å². The molecular weight excluding hydrogens is 258 g/mol. The fourth-order valence-electron chi connectivity index (χ4n) is 1.05. The quantitative estimate of drug-likeness (QED) is 0.658. The summed E-state index contributed by atoms with van der Waals surface area (Å²) < 4.78 is 17.8. The Bertz CT molecular complexity index is 463. The van der Waals surface area contributed by atoms with E-state index in [4.69, 9.17) is 28.9 Å². The molecule has 0 atom stereocenters. The topological polar surface area (TPSA) is 65.2 Å². The maximum Gasteiger partial charge on any atom is 0.357 e. The Labute approximate surface area is 101 Å². The number of esters is 1. The molecule has 0 unspecified atom stereocenters. The molecule has 7 heteroatoms. The van der Waals surface area contributed by atoms with E-state index in [-0.39, 0.29) is 16.9 Å². The molecule has 0 saturated heterocycles. The number of halogens is 3. The first-order valence-electron chi connectivity index (χ1n) is 4.02. The second-order valence-electron chi connectivity index (χ2n) is 2.68. The van der Waals surface area contributed by atoms with E-state index in [0.29, 0.717) is 0 Å². The number of hydrogen-bond acceptors (Lipinski definition) is 4. The number of nitrogen functional groups attached to an aromatic ring is 1. The van der Waals surface area contributed by atoms with Gasteiger partial charge in [0.2, 0.25) is 0 Å². The maximum atomic E-state index is 13.3. The lowest BCUT2D eigenvalue weighted by Gasteiger charge is -2.08. The zero-order valence-electron chi connectivity index (χ0n) is 8.13. The van der Waals surface area contributed by atoms with Crippen LogP contribution in [0.15, 0.2) is 5.54 Å². The lowest BCUT2D eigenvalue weighted by Crippen LogP contribution is -2.11. The van der Waals surface area contributed by atoms with Crippen LogP contribution in [0, 0.1) is 5.82 Å². The highest BCUT2D eigenvalue weighted by Gasteiger charge is 2.20. The molecule has 0 aliphatic carbocycles. The van der Waals surface area contributed by atoms with E-state index in [2.05, 4.69) is 9.72 Å². The van der Waals surface area contributed by atoms with Gasteiger partial charge in [-0.15, -0.1) is 0 Å². The Hall–Kier alpha value is -1.33. The third-order valence-electron chi connectivity index (χ3n) is 1.78. The molecule has 0 aliphatic heterocycles. The molecule has 86 valence electrons. The molecule has 0 aromatic carbocycles. The van der Waals surface area contributed by atoms with Gasteiger partial charge in [-0.3, -0.25) is 0 Å². The fraction of sp³-hybridized carbons (Fsp3) is 0.111. The van der Waals surface area contributed by atoms with Crippen molar-refractivity contribution in [2.24, 2.45) is 0 Å². The molecule has 0 bridgehead atoms. The molecule has 2 N–H and O–H groups in total. The number of hydrogen-bond donors (Lipinski definition) is 1. The normalized spacial score (nSPS) is 10.8. The molecule has 0 spiro atoms. The van der Waals surface area contributed by atoms with Crippen molar-refractivity contribution in [3.63, 3.8) is 0 Å². The van der Waals surface area contributed by atoms with Crippen molar-refractivity contribution in [2.75, 3.05) is 12.8 Å². The number of carbonyl (C=O) groups excluding carboxylic acids is 1. The summed E-state index contributed by atoms with van der Waals surface area (Å²) in [6, 6.07) is 0. The van der Waals surface area contributed by atoms with Crippen LogP contribution in [0.25, 0.3) is 6.08 Å². The summed E-state index contributed by atoms with van der Waals surface area (Å²) in [5.41, 5.74) is 6.05. The van der Waals surface area contributed by atoms with E-state index in [1.54, 1.807) is 0 Å². The molecule has 1 rings (SSSR count). The number of carbonyl (C=O) groups is 1. The van der Waals surface area contributed by atoms with Gasteiger partial charge in [0.1, 0.15) is 0 Å². The van der Waals surface area contributed by atoms with Gasteiger partial charge in [-0.25, -0.2) is 14.2 Å². The molecule has 0 fully saturated rings. The predicted molar refractivity (Wildman–Crippen MR) is 59.8 cm³/mol. The number of nitrogens with zero attached hydrogens (tertiary/aromatic N) is 1. The van der Waals surface area contributed by atoms with Crippen molar-refractivity contribution < 1.29 is 13.9 Å². The first-order valence-corrected chi connectivity index (χ1v) is 4.83. The zero-order chi connectivity index (χ0) is 12.3. The second kappa shape index (κ2) is 5.14. The summed E-state index contributed by atoms with van der Waals surface area (Å²) in [7, 11) is 1.16. The summed E-state index contributed by atoms with van der Waals surface area (Å²) in [6.07, 6.45) is 1.23. The fourth-order valence-corrected chi connectivity index (χ4v) is 1.36. The molecule has 0 radical (unpaired) electrons. The van der Waals surface area contributed by atoms with Crippen LogP contribution in [-0.4, -0.2) is 18.1 Å². The lowest BCUT2D eigenvalue weighted by molar-refractivity contribution is 0.0593. The van der Waals surface area contributed by atoms with Crippen molar-refractivity contribution in [3.8, 4) is 0 Å². The SMILES string of the molecule is COC(=O)c1nc(Cl)c(F)c(N)c1/C=C/Cl. The molecule has 1 aromatic rings. The first kappa shape index (κ1) is 12.7. The van der Waals surface area contributed by atoms with Gasteiger partial charge in [0.05, 0.1) is 12.8 Å². The average molecular weight is 265 g/mol. The van der Waals surface area contributed by atoms with Crippen molar-refractivity contribution in [3.05, 3.63) is 27.8 Å². The van der Waals surface area contributed by atoms with Gasteiger partial charge in [-0.2, -0.15) is 0 Å². The van der Waals surface area contributed by atoms with Gasteiger partial charge >= 0.3 is 5.97 Å². The Morgan fingerprint density at radius 3 is 2.75 bits per heavy atom. The molecular formula is C9H7Cl2FN2O2. The van der Waals surface area contributed by atoms with Crippen molar-refractivity contribution in [1.29, 1.82) is 0 Å². The molecule has 0 amide bonds. The standard InChI is InChI=1S/C9H7Cl2FN2O2/c1-16-9(15)7-4(2-3-10)6(13)5(12)8(11)14-7/h2-3H,1H3,(H2,13,14)/b3-2+. The van der Waals surface area contributed by atoms with Gasteiger partial charge in [-0.05, 0) is 6.08 Å².